The normalized spacial score (nSPS) is 10.5. The van der Waals surface area contributed by atoms with Crippen LogP contribution in [0.25, 0.3) is 10.6 Å². The predicted molar refractivity (Wildman–Crippen MR) is 101 cm³/mol. The number of aryl methyl sites for hydroxylation is 1. The molecule has 0 spiro atoms. The summed E-state index contributed by atoms with van der Waals surface area (Å²) in [5.41, 5.74) is 1.90. The second kappa shape index (κ2) is 7.35. The fourth-order valence-electron chi connectivity index (χ4n) is 2.19. The Labute approximate surface area is 157 Å². The van der Waals surface area contributed by atoms with E-state index >= 15 is 0 Å². The Morgan fingerprint density at radius 1 is 1.24 bits per heavy atom. The number of hydrogen-bond acceptors (Lipinski definition) is 6. The predicted octanol–water partition coefficient (Wildman–Crippen LogP) is 4.87. The number of nitrogens with one attached hydrogen (secondary N) is 1. The lowest BCUT2D eigenvalue weighted by molar-refractivity contribution is 0.0607. The lowest BCUT2D eigenvalue weighted by Crippen LogP contribution is -2.13. The largest absolute Gasteiger partial charge is 0.465 e. The number of methoxy groups -OCH3 is 1. The SMILES string of the molecule is COC(=O)c1sccc1NC(=O)c1sc(-c2cccc(Cl)c2)nc1C. The number of rotatable bonds is 4. The molecule has 0 fully saturated rings. The first-order chi connectivity index (χ1) is 12.0. The molecule has 5 nitrogen and oxygen atoms in total. The summed E-state index contributed by atoms with van der Waals surface area (Å²) in [4.78, 5) is 29.6. The Bertz CT molecular complexity index is 949. The second-order valence-corrected chi connectivity index (χ2v) is 7.40. The number of ether oxygens (including phenoxy) is 1. The summed E-state index contributed by atoms with van der Waals surface area (Å²) >= 11 is 8.50. The number of esters is 1. The summed E-state index contributed by atoms with van der Waals surface area (Å²) in [5, 5.41) is 5.80. The first-order valence-electron chi connectivity index (χ1n) is 7.20. The molecule has 0 aliphatic heterocycles. The molecular formula is C17H13ClN2O3S2. The Hall–Kier alpha value is -2.22. The average Bonchev–Trinajstić information content (AvgIpc) is 3.20. The molecule has 0 saturated carbocycles. The number of carbonyl (C=O) groups is 2. The minimum atomic E-state index is -0.481. The topological polar surface area (TPSA) is 68.3 Å². The van der Waals surface area contributed by atoms with Crippen molar-refractivity contribution >= 4 is 51.8 Å². The van der Waals surface area contributed by atoms with Crippen molar-refractivity contribution in [2.24, 2.45) is 0 Å². The average molecular weight is 393 g/mol. The highest BCUT2D eigenvalue weighted by atomic mass is 35.5. The van der Waals surface area contributed by atoms with Crippen molar-refractivity contribution < 1.29 is 14.3 Å². The number of anilines is 1. The van der Waals surface area contributed by atoms with Gasteiger partial charge in [-0.3, -0.25) is 4.79 Å². The number of hydrogen-bond donors (Lipinski definition) is 1. The van der Waals surface area contributed by atoms with Crippen LogP contribution in [0.15, 0.2) is 35.7 Å². The molecule has 0 bridgehead atoms. The summed E-state index contributed by atoms with van der Waals surface area (Å²) in [6.45, 7) is 1.77. The number of carbonyl (C=O) groups excluding carboxylic acids is 2. The Balaban J connectivity index is 1.86. The molecule has 1 amide bonds. The van der Waals surface area contributed by atoms with Crippen LogP contribution < -0.4 is 5.32 Å². The minimum Gasteiger partial charge on any atom is -0.465 e. The first kappa shape index (κ1) is 17.6. The zero-order valence-corrected chi connectivity index (χ0v) is 15.7. The Kier molecular flexibility index (Phi) is 5.17. The van der Waals surface area contributed by atoms with E-state index in [4.69, 9.17) is 16.3 Å². The van der Waals surface area contributed by atoms with Gasteiger partial charge in [0.1, 0.15) is 14.8 Å². The van der Waals surface area contributed by atoms with Crippen molar-refractivity contribution in [2.45, 2.75) is 6.92 Å². The molecule has 0 radical (unpaired) electrons. The van der Waals surface area contributed by atoms with Crippen LogP contribution in [-0.4, -0.2) is 24.0 Å². The third-order valence-electron chi connectivity index (χ3n) is 3.36. The van der Waals surface area contributed by atoms with Gasteiger partial charge >= 0.3 is 5.97 Å². The van der Waals surface area contributed by atoms with E-state index in [0.29, 0.717) is 31.2 Å². The standard InChI is InChI=1S/C17H13ClN2O3S2/c1-9-13(25-16(19-9)10-4-3-5-11(18)8-10)15(21)20-12-6-7-24-14(12)17(22)23-2/h3-8H,1-2H3,(H,20,21). The Morgan fingerprint density at radius 3 is 2.76 bits per heavy atom. The minimum absolute atomic E-state index is 0.313. The van der Waals surface area contributed by atoms with E-state index in [1.54, 1.807) is 30.5 Å². The number of nitrogens with zero attached hydrogens (tertiary/aromatic N) is 1. The molecule has 0 atom stereocenters. The molecule has 8 heteroatoms. The number of amides is 1. The quantitative estimate of drug-likeness (QED) is 0.643. The summed E-state index contributed by atoms with van der Waals surface area (Å²) in [6.07, 6.45) is 0. The molecule has 2 heterocycles. The van der Waals surface area contributed by atoms with Gasteiger partial charge < -0.3 is 10.1 Å². The highest BCUT2D eigenvalue weighted by Gasteiger charge is 2.20. The smallest absolute Gasteiger partial charge is 0.350 e. The van der Waals surface area contributed by atoms with Crippen LogP contribution in [0.2, 0.25) is 5.02 Å². The molecule has 0 saturated heterocycles. The second-order valence-electron chi connectivity index (χ2n) is 5.05. The third-order valence-corrected chi connectivity index (χ3v) is 5.69. The van der Waals surface area contributed by atoms with Gasteiger partial charge in [-0.2, -0.15) is 0 Å². The molecule has 3 rings (SSSR count). The van der Waals surface area contributed by atoms with Gasteiger partial charge in [-0.15, -0.1) is 22.7 Å². The van der Waals surface area contributed by atoms with Crippen LogP contribution in [0.3, 0.4) is 0 Å². The summed E-state index contributed by atoms with van der Waals surface area (Å²) in [5.74, 6) is -0.794. The number of thiophene rings is 1. The lowest BCUT2D eigenvalue weighted by atomic mass is 10.2. The number of benzene rings is 1. The van der Waals surface area contributed by atoms with Gasteiger partial charge in [0.25, 0.3) is 5.91 Å². The van der Waals surface area contributed by atoms with Crippen molar-refractivity contribution in [3.63, 3.8) is 0 Å². The molecule has 25 heavy (non-hydrogen) atoms. The van der Waals surface area contributed by atoms with Crippen molar-refractivity contribution in [3.8, 4) is 10.6 Å². The zero-order valence-electron chi connectivity index (χ0n) is 13.3. The summed E-state index contributed by atoms with van der Waals surface area (Å²) in [6, 6.07) is 8.98. The van der Waals surface area contributed by atoms with Gasteiger partial charge in [0.05, 0.1) is 18.5 Å². The fourth-order valence-corrected chi connectivity index (χ4v) is 4.10. The lowest BCUT2D eigenvalue weighted by Gasteiger charge is -2.04. The summed E-state index contributed by atoms with van der Waals surface area (Å²) < 4.78 is 4.72. The van der Waals surface area contributed by atoms with Gasteiger partial charge in [-0.1, -0.05) is 23.7 Å². The highest BCUT2D eigenvalue weighted by molar-refractivity contribution is 7.17. The third kappa shape index (κ3) is 3.73. The van der Waals surface area contributed by atoms with Gasteiger partial charge in [0, 0.05) is 10.6 Å². The van der Waals surface area contributed by atoms with Crippen LogP contribution in [0.5, 0.6) is 0 Å². The van der Waals surface area contributed by atoms with Gasteiger partial charge in [0.2, 0.25) is 0 Å². The molecule has 1 aromatic carbocycles. The molecule has 0 aliphatic carbocycles. The van der Waals surface area contributed by atoms with E-state index < -0.39 is 5.97 Å². The maximum absolute atomic E-state index is 12.6. The van der Waals surface area contributed by atoms with Crippen LogP contribution in [0.1, 0.15) is 25.0 Å². The van der Waals surface area contributed by atoms with Crippen molar-refractivity contribution in [3.05, 3.63) is 56.2 Å². The van der Waals surface area contributed by atoms with Gasteiger partial charge in [-0.25, -0.2) is 9.78 Å². The fraction of sp³-hybridized carbons (Fsp3) is 0.118. The van der Waals surface area contributed by atoms with Crippen LogP contribution >= 0.6 is 34.3 Å². The highest BCUT2D eigenvalue weighted by Crippen LogP contribution is 2.31. The van der Waals surface area contributed by atoms with Crippen LogP contribution in [0.4, 0.5) is 5.69 Å². The number of halogens is 1. The molecule has 0 aliphatic rings. The van der Waals surface area contributed by atoms with Gasteiger partial charge in [0.15, 0.2) is 0 Å². The maximum atomic E-state index is 12.6. The van der Waals surface area contributed by atoms with E-state index in [0.717, 1.165) is 5.56 Å². The van der Waals surface area contributed by atoms with Crippen molar-refractivity contribution in [1.29, 1.82) is 0 Å². The number of thiazole rings is 1. The molecule has 128 valence electrons. The van der Waals surface area contributed by atoms with Gasteiger partial charge in [-0.05, 0) is 30.5 Å². The van der Waals surface area contributed by atoms with E-state index in [-0.39, 0.29) is 5.91 Å². The maximum Gasteiger partial charge on any atom is 0.350 e. The Morgan fingerprint density at radius 2 is 2.04 bits per heavy atom. The van der Waals surface area contributed by atoms with Crippen molar-refractivity contribution in [2.75, 3.05) is 12.4 Å². The molecule has 0 unspecified atom stereocenters. The van der Waals surface area contributed by atoms with Crippen LogP contribution in [-0.2, 0) is 4.74 Å². The van der Waals surface area contributed by atoms with E-state index in [1.807, 2.05) is 12.1 Å². The zero-order chi connectivity index (χ0) is 18.0. The van der Waals surface area contributed by atoms with E-state index in [9.17, 15) is 9.59 Å². The molecule has 3 aromatic rings. The molecule has 2 aromatic heterocycles. The van der Waals surface area contributed by atoms with E-state index in [1.165, 1.54) is 29.8 Å². The summed E-state index contributed by atoms with van der Waals surface area (Å²) in [7, 11) is 1.30. The van der Waals surface area contributed by atoms with E-state index in [2.05, 4.69) is 10.3 Å². The number of aromatic nitrogens is 1. The van der Waals surface area contributed by atoms with Crippen LogP contribution in [0, 0.1) is 6.92 Å². The molecular weight excluding hydrogens is 380 g/mol. The first-order valence-corrected chi connectivity index (χ1v) is 9.27. The monoisotopic (exact) mass is 392 g/mol. The molecule has 1 N–H and O–H groups in total. The van der Waals surface area contributed by atoms with Crippen molar-refractivity contribution in [1.82, 2.24) is 4.98 Å².